The van der Waals surface area contributed by atoms with E-state index in [-0.39, 0.29) is 0 Å². The predicted molar refractivity (Wildman–Crippen MR) is 72.5 cm³/mol. The molecule has 0 aromatic rings. The van der Waals surface area contributed by atoms with Gasteiger partial charge in [0.05, 0.1) is 25.1 Å². The molecular weight excluding hydrogens is 251 g/mol. The SMILES string of the molecule is CCOP(=O)(OCC)/C1=C(\C)OCC/C=C\CC1. The van der Waals surface area contributed by atoms with E-state index in [2.05, 4.69) is 12.2 Å². The fourth-order valence-electron chi connectivity index (χ4n) is 1.86. The van der Waals surface area contributed by atoms with E-state index in [1.54, 1.807) is 0 Å². The van der Waals surface area contributed by atoms with Gasteiger partial charge in [0.2, 0.25) is 0 Å². The lowest BCUT2D eigenvalue weighted by Crippen LogP contribution is -2.03. The normalized spacial score (nSPS) is 23.7. The molecule has 0 aromatic heterocycles. The Morgan fingerprint density at radius 2 is 1.83 bits per heavy atom. The Morgan fingerprint density at radius 1 is 1.22 bits per heavy atom. The molecule has 104 valence electrons. The maximum absolute atomic E-state index is 12.7. The molecule has 0 aromatic carbocycles. The van der Waals surface area contributed by atoms with Crippen LogP contribution in [0.1, 0.15) is 40.0 Å². The molecule has 0 saturated carbocycles. The van der Waals surface area contributed by atoms with Crippen LogP contribution in [0.5, 0.6) is 0 Å². The van der Waals surface area contributed by atoms with Crippen LogP contribution in [0.2, 0.25) is 0 Å². The van der Waals surface area contributed by atoms with Gasteiger partial charge in [0.15, 0.2) is 0 Å². The highest BCUT2D eigenvalue weighted by atomic mass is 31.2. The molecular formula is C13H23O4P. The van der Waals surface area contributed by atoms with Crippen LogP contribution in [0.3, 0.4) is 0 Å². The van der Waals surface area contributed by atoms with Crippen LogP contribution in [-0.2, 0) is 18.3 Å². The van der Waals surface area contributed by atoms with Crippen LogP contribution in [-0.4, -0.2) is 19.8 Å². The van der Waals surface area contributed by atoms with Gasteiger partial charge in [0.1, 0.15) is 5.76 Å². The summed E-state index contributed by atoms with van der Waals surface area (Å²) in [5.74, 6) is 0.684. The number of rotatable bonds is 5. The molecule has 0 fully saturated rings. The molecule has 0 saturated heterocycles. The molecule has 0 aliphatic carbocycles. The molecule has 0 spiro atoms. The Balaban J connectivity index is 3.00. The molecule has 0 N–H and O–H groups in total. The van der Waals surface area contributed by atoms with Gasteiger partial charge in [0, 0.05) is 0 Å². The predicted octanol–water partition coefficient (Wildman–Crippen LogP) is 4.24. The summed E-state index contributed by atoms with van der Waals surface area (Å²) in [6.07, 6.45) is 6.53. The van der Waals surface area contributed by atoms with Crippen LogP contribution in [0.25, 0.3) is 0 Å². The van der Waals surface area contributed by atoms with Crippen LogP contribution < -0.4 is 0 Å². The van der Waals surface area contributed by atoms with Crippen LogP contribution >= 0.6 is 7.60 Å². The Kier molecular flexibility index (Phi) is 6.69. The van der Waals surface area contributed by atoms with Crippen LogP contribution in [0, 0.1) is 0 Å². The van der Waals surface area contributed by atoms with Gasteiger partial charge in [-0.05, 0) is 40.0 Å². The molecule has 1 aliphatic heterocycles. The van der Waals surface area contributed by atoms with Crippen molar-refractivity contribution in [3.63, 3.8) is 0 Å². The van der Waals surface area contributed by atoms with E-state index in [4.69, 9.17) is 13.8 Å². The molecule has 18 heavy (non-hydrogen) atoms. The van der Waals surface area contributed by atoms with Gasteiger partial charge in [-0.1, -0.05) is 12.2 Å². The molecule has 0 atom stereocenters. The Bertz CT molecular complexity index is 350. The fourth-order valence-corrected chi connectivity index (χ4v) is 3.78. The number of ether oxygens (including phenoxy) is 1. The van der Waals surface area contributed by atoms with Crippen molar-refractivity contribution in [3.8, 4) is 0 Å². The smallest absolute Gasteiger partial charge is 0.360 e. The van der Waals surface area contributed by atoms with Crippen molar-refractivity contribution < 1.29 is 18.3 Å². The molecule has 1 heterocycles. The summed E-state index contributed by atoms with van der Waals surface area (Å²) in [5, 5.41) is 0.678. The van der Waals surface area contributed by atoms with Crippen LogP contribution in [0.15, 0.2) is 23.2 Å². The van der Waals surface area contributed by atoms with Gasteiger partial charge < -0.3 is 13.8 Å². The molecule has 1 aliphatic rings. The summed E-state index contributed by atoms with van der Waals surface area (Å²) in [6.45, 7) is 6.80. The van der Waals surface area contributed by atoms with Gasteiger partial charge in [-0.25, -0.2) is 0 Å². The molecule has 0 bridgehead atoms. The molecule has 0 amide bonds. The van der Waals surface area contributed by atoms with E-state index in [0.717, 1.165) is 12.8 Å². The first-order valence-corrected chi connectivity index (χ1v) is 8.05. The summed E-state index contributed by atoms with van der Waals surface area (Å²) < 4.78 is 29.1. The molecule has 5 heteroatoms. The van der Waals surface area contributed by atoms with Crippen molar-refractivity contribution in [3.05, 3.63) is 23.2 Å². The lowest BCUT2D eigenvalue weighted by molar-refractivity contribution is 0.205. The lowest BCUT2D eigenvalue weighted by atomic mass is 10.2. The van der Waals surface area contributed by atoms with Crippen molar-refractivity contribution in [2.24, 2.45) is 0 Å². The van der Waals surface area contributed by atoms with Crippen molar-refractivity contribution in [1.82, 2.24) is 0 Å². The molecule has 0 unspecified atom stereocenters. The quantitative estimate of drug-likeness (QED) is 0.555. The Labute approximate surface area is 110 Å². The topological polar surface area (TPSA) is 44.8 Å². The van der Waals surface area contributed by atoms with Gasteiger partial charge in [0.25, 0.3) is 0 Å². The van der Waals surface area contributed by atoms with Crippen molar-refractivity contribution >= 4 is 7.60 Å². The molecule has 0 radical (unpaired) electrons. The Hall–Kier alpha value is -0.570. The monoisotopic (exact) mass is 274 g/mol. The minimum absolute atomic E-state index is 0.365. The zero-order valence-electron chi connectivity index (χ0n) is 11.5. The first-order valence-electron chi connectivity index (χ1n) is 6.51. The van der Waals surface area contributed by atoms with Gasteiger partial charge in [-0.15, -0.1) is 0 Å². The highest BCUT2D eigenvalue weighted by Gasteiger charge is 2.31. The minimum Gasteiger partial charge on any atom is -0.497 e. The summed E-state index contributed by atoms with van der Waals surface area (Å²) in [7, 11) is -3.20. The zero-order chi connectivity index (χ0) is 13.4. The zero-order valence-corrected chi connectivity index (χ0v) is 12.4. The summed E-state index contributed by atoms with van der Waals surface area (Å²) >= 11 is 0. The first kappa shape index (κ1) is 15.5. The van der Waals surface area contributed by atoms with E-state index in [1.165, 1.54) is 0 Å². The van der Waals surface area contributed by atoms with Crippen molar-refractivity contribution in [2.45, 2.75) is 40.0 Å². The average Bonchev–Trinajstić information content (AvgIpc) is 2.42. The summed E-state index contributed by atoms with van der Waals surface area (Å²) in [4.78, 5) is 0. The maximum Gasteiger partial charge on any atom is 0.360 e. The minimum atomic E-state index is -3.20. The largest absolute Gasteiger partial charge is 0.497 e. The molecule has 1 rings (SSSR count). The van der Waals surface area contributed by atoms with Gasteiger partial charge in [-0.3, -0.25) is 4.57 Å². The average molecular weight is 274 g/mol. The summed E-state index contributed by atoms with van der Waals surface area (Å²) in [5.41, 5.74) is 0. The number of allylic oxidation sites excluding steroid dienone is 3. The Morgan fingerprint density at radius 3 is 2.44 bits per heavy atom. The van der Waals surface area contributed by atoms with E-state index in [1.807, 2.05) is 20.8 Å². The number of hydrogen-bond acceptors (Lipinski definition) is 4. The second kappa shape index (κ2) is 7.78. The van der Waals surface area contributed by atoms with Crippen molar-refractivity contribution in [2.75, 3.05) is 19.8 Å². The summed E-state index contributed by atoms with van der Waals surface area (Å²) in [6, 6.07) is 0. The van der Waals surface area contributed by atoms with E-state index in [9.17, 15) is 4.57 Å². The highest BCUT2D eigenvalue weighted by Crippen LogP contribution is 2.58. The van der Waals surface area contributed by atoms with Crippen LogP contribution in [0.4, 0.5) is 0 Å². The van der Waals surface area contributed by atoms with E-state index < -0.39 is 7.60 Å². The number of hydrogen-bond donors (Lipinski definition) is 0. The standard InChI is InChI=1S/C13H23O4P/c1-4-16-18(14,17-5-2)13-10-8-6-7-9-11-15-12(13)3/h6-7H,4-5,8-11H2,1-3H3/b7-6-,13-12+. The maximum atomic E-state index is 12.7. The second-order valence-corrected chi connectivity index (χ2v) is 6.03. The second-order valence-electron chi connectivity index (χ2n) is 3.98. The molecule has 4 nitrogen and oxygen atoms in total. The van der Waals surface area contributed by atoms with E-state index in [0.29, 0.717) is 37.3 Å². The third kappa shape index (κ3) is 4.27. The third-order valence-corrected chi connectivity index (χ3v) is 5.05. The fraction of sp³-hybridized carbons (Fsp3) is 0.692. The third-order valence-electron chi connectivity index (χ3n) is 2.65. The highest BCUT2D eigenvalue weighted by molar-refractivity contribution is 7.58. The first-order chi connectivity index (χ1) is 8.64. The van der Waals surface area contributed by atoms with Gasteiger partial charge >= 0.3 is 7.60 Å². The van der Waals surface area contributed by atoms with Crippen molar-refractivity contribution in [1.29, 1.82) is 0 Å². The van der Waals surface area contributed by atoms with Gasteiger partial charge in [-0.2, -0.15) is 0 Å². The lowest BCUT2D eigenvalue weighted by Gasteiger charge is -2.21. The van der Waals surface area contributed by atoms with E-state index >= 15 is 0 Å².